The van der Waals surface area contributed by atoms with E-state index in [1.807, 2.05) is 0 Å². The lowest BCUT2D eigenvalue weighted by molar-refractivity contribution is 0.0563. The number of rotatable bonds is 4. The topological polar surface area (TPSA) is 51.5 Å². The average molecular weight is 284 g/mol. The van der Waals surface area contributed by atoms with Gasteiger partial charge in [0.2, 0.25) is 5.76 Å². The molecule has 2 rings (SSSR count). The summed E-state index contributed by atoms with van der Waals surface area (Å²) in [6.45, 7) is 0.268. The summed E-state index contributed by atoms with van der Waals surface area (Å²) in [4.78, 5) is 11.4. The van der Waals surface area contributed by atoms with E-state index in [-0.39, 0.29) is 12.3 Å². The van der Waals surface area contributed by atoms with Gasteiger partial charge in [0.1, 0.15) is 5.82 Å². The van der Waals surface area contributed by atoms with Crippen molar-refractivity contribution in [2.45, 2.75) is 6.54 Å². The zero-order chi connectivity index (χ0) is 13.8. The van der Waals surface area contributed by atoms with Crippen molar-refractivity contribution in [3.05, 3.63) is 52.7 Å². The molecule has 1 N–H and O–H groups in total. The van der Waals surface area contributed by atoms with Crippen molar-refractivity contribution < 1.29 is 18.3 Å². The van der Waals surface area contributed by atoms with Gasteiger partial charge in [0.05, 0.1) is 24.1 Å². The van der Waals surface area contributed by atoms with E-state index in [1.165, 1.54) is 31.6 Å². The summed E-state index contributed by atoms with van der Waals surface area (Å²) in [5.41, 5.74) is 1.05. The van der Waals surface area contributed by atoms with Crippen LogP contribution in [0.3, 0.4) is 0 Å². The third kappa shape index (κ3) is 3.06. The molecule has 0 bridgehead atoms. The highest BCUT2D eigenvalue weighted by Crippen LogP contribution is 2.23. The quantitative estimate of drug-likeness (QED) is 0.873. The Bertz CT molecular complexity index is 597. The highest BCUT2D eigenvalue weighted by Gasteiger charge is 2.15. The Labute approximate surface area is 114 Å². The van der Waals surface area contributed by atoms with E-state index >= 15 is 0 Å². The first-order valence-corrected chi connectivity index (χ1v) is 5.83. The van der Waals surface area contributed by atoms with E-state index in [0.717, 1.165) is 0 Å². The monoisotopic (exact) mass is 283 g/mol. The third-order valence-corrected chi connectivity index (χ3v) is 2.84. The fraction of sp³-hybridized carbons (Fsp3) is 0.154. The number of halogens is 2. The second kappa shape index (κ2) is 5.75. The van der Waals surface area contributed by atoms with Gasteiger partial charge in [-0.05, 0) is 24.3 Å². The SMILES string of the molecule is COC(=O)c1occc1CNc1cc(F)ccc1Cl. The van der Waals surface area contributed by atoms with Crippen LogP contribution in [0.15, 0.2) is 34.9 Å². The number of hydrogen-bond acceptors (Lipinski definition) is 4. The average Bonchev–Trinajstić information content (AvgIpc) is 2.87. The molecule has 0 aliphatic rings. The molecule has 0 atom stereocenters. The van der Waals surface area contributed by atoms with Gasteiger partial charge < -0.3 is 14.5 Å². The van der Waals surface area contributed by atoms with Gasteiger partial charge in [-0.2, -0.15) is 0 Å². The van der Waals surface area contributed by atoms with Crippen molar-refractivity contribution in [3.8, 4) is 0 Å². The van der Waals surface area contributed by atoms with Crippen LogP contribution in [0.5, 0.6) is 0 Å². The van der Waals surface area contributed by atoms with Gasteiger partial charge in [-0.1, -0.05) is 11.6 Å². The van der Waals surface area contributed by atoms with E-state index in [1.54, 1.807) is 6.07 Å². The summed E-state index contributed by atoms with van der Waals surface area (Å²) in [7, 11) is 1.27. The van der Waals surface area contributed by atoms with Crippen molar-refractivity contribution in [2.24, 2.45) is 0 Å². The third-order valence-electron chi connectivity index (χ3n) is 2.52. The van der Waals surface area contributed by atoms with Gasteiger partial charge in [0.15, 0.2) is 0 Å². The molecule has 1 aromatic carbocycles. The van der Waals surface area contributed by atoms with Crippen molar-refractivity contribution in [3.63, 3.8) is 0 Å². The van der Waals surface area contributed by atoms with E-state index in [9.17, 15) is 9.18 Å². The summed E-state index contributed by atoms with van der Waals surface area (Å²) in [6.07, 6.45) is 1.39. The number of furan rings is 1. The van der Waals surface area contributed by atoms with Crippen LogP contribution in [0.25, 0.3) is 0 Å². The second-order valence-electron chi connectivity index (χ2n) is 3.74. The van der Waals surface area contributed by atoms with Crippen LogP contribution in [0.4, 0.5) is 10.1 Å². The number of carbonyl (C=O) groups is 1. The highest BCUT2D eigenvalue weighted by molar-refractivity contribution is 6.33. The molecular weight excluding hydrogens is 273 g/mol. The molecule has 4 nitrogen and oxygen atoms in total. The zero-order valence-electron chi connectivity index (χ0n) is 10.1. The van der Waals surface area contributed by atoms with Crippen molar-refractivity contribution in [1.82, 2.24) is 0 Å². The Morgan fingerprint density at radius 3 is 3.00 bits per heavy atom. The smallest absolute Gasteiger partial charge is 0.374 e. The van der Waals surface area contributed by atoms with Crippen molar-refractivity contribution in [2.75, 3.05) is 12.4 Å². The molecule has 0 amide bonds. The molecule has 0 aliphatic heterocycles. The van der Waals surface area contributed by atoms with Gasteiger partial charge in [-0.15, -0.1) is 0 Å². The second-order valence-corrected chi connectivity index (χ2v) is 4.15. The van der Waals surface area contributed by atoms with Gasteiger partial charge in [0.25, 0.3) is 0 Å². The number of carbonyl (C=O) groups excluding carboxylic acids is 1. The largest absolute Gasteiger partial charge is 0.463 e. The Balaban J connectivity index is 2.13. The summed E-state index contributed by atoms with van der Waals surface area (Å²) in [5.74, 6) is -0.845. The maximum atomic E-state index is 13.1. The molecule has 0 unspecified atom stereocenters. The highest BCUT2D eigenvalue weighted by atomic mass is 35.5. The fourth-order valence-corrected chi connectivity index (χ4v) is 1.75. The summed E-state index contributed by atoms with van der Waals surface area (Å²) in [5, 5.41) is 3.33. The van der Waals surface area contributed by atoms with Crippen LogP contribution in [0, 0.1) is 5.82 Å². The fourth-order valence-electron chi connectivity index (χ4n) is 1.57. The molecule has 0 saturated carbocycles. The molecule has 19 heavy (non-hydrogen) atoms. The number of nitrogens with one attached hydrogen (secondary N) is 1. The van der Waals surface area contributed by atoms with Gasteiger partial charge in [-0.25, -0.2) is 9.18 Å². The predicted molar refractivity (Wildman–Crippen MR) is 68.8 cm³/mol. The molecule has 1 aromatic heterocycles. The zero-order valence-corrected chi connectivity index (χ0v) is 10.8. The minimum Gasteiger partial charge on any atom is -0.463 e. The molecule has 100 valence electrons. The van der Waals surface area contributed by atoms with Crippen molar-refractivity contribution in [1.29, 1.82) is 0 Å². The lowest BCUT2D eigenvalue weighted by Crippen LogP contribution is -2.07. The van der Waals surface area contributed by atoms with Gasteiger partial charge >= 0.3 is 5.97 Å². The number of ether oxygens (including phenoxy) is 1. The first-order chi connectivity index (χ1) is 9.11. The first kappa shape index (κ1) is 13.4. The summed E-state index contributed by atoms with van der Waals surface area (Å²) in [6, 6.07) is 5.63. The normalized spacial score (nSPS) is 10.3. The molecular formula is C13H11ClFNO3. The van der Waals surface area contributed by atoms with Gasteiger partial charge in [0, 0.05) is 12.1 Å². The summed E-state index contributed by atoms with van der Waals surface area (Å²) >= 11 is 5.92. The Kier molecular flexibility index (Phi) is 4.06. The van der Waals surface area contributed by atoms with Crippen LogP contribution in [-0.2, 0) is 11.3 Å². The first-order valence-electron chi connectivity index (χ1n) is 5.45. The van der Waals surface area contributed by atoms with E-state index in [2.05, 4.69) is 10.1 Å². The van der Waals surface area contributed by atoms with Crippen LogP contribution < -0.4 is 5.32 Å². The standard InChI is InChI=1S/C13H11ClFNO3/c1-18-13(17)12-8(4-5-19-12)7-16-11-6-9(15)2-3-10(11)14/h2-6,16H,7H2,1H3. The number of hydrogen-bond donors (Lipinski definition) is 1. The number of esters is 1. The molecule has 0 spiro atoms. The molecule has 0 fully saturated rings. The minimum absolute atomic E-state index is 0.113. The lowest BCUT2D eigenvalue weighted by atomic mass is 10.2. The number of benzene rings is 1. The molecule has 0 saturated heterocycles. The lowest BCUT2D eigenvalue weighted by Gasteiger charge is -2.08. The molecule has 0 radical (unpaired) electrons. The van der Waals surface area contributed by atoms with Crippen molar-refractivity contribution >= 4 is 23.3 Å². The van der Waals surface area contributed by atoms with E-state index in [4.69, 9.17) is 16.0 Å². The minimum atomic E-state index is -0.563. The number of methoxy groups -OCH3 is 1. The Hall–Kier alpha value is -2.01. The summed E-state index contributed by atoms with van der Waals surface area (Å²) < 4.78 is 22.7. The Morgan fingerprint density at radius 2 is 2.26 bits per heavy atom. The van der Waals surface area contributed by atoms with Crippen LogP contribution in [0.1, 0.15) is 16.1 Å². The van der Waals surface area contributed by atoms with Crippen LogP contribution in [-0.4, -0.2) is 13.1 Å². The maximum absolute atomic E-state index is 13.1. The van der Waals surface area contributed by atoms with E-state index in [0.29, 0.717) is 16.3 Å². The van der Waals surface area contributed by atoms with Crippen LogP contribution >= 0.6 is 11.6 Å². The number of anilines is 1. The molecule has 6 heteroatoms. The maximum Gasteiger partial charge on any atom is 0.374 e. The molecule has 0 aliphatic carbocycles. The Morgan fingerprint density at radius 1 is 1.47 bits per heavy atom. The molecule has 1 heterocycles. The van der Waals surface area contributed by atoms with Crippen LogP contribution in [0.2, 0.25) is 5.02 Å². The van der Waals surface area contributed by atoms with E-state index < -0.39 is 11.8 Å². The van der Waals surface area contributed by atoms with Gasteiger partial charge in [-0.3, -0.25) is 0 Å². The molecule has 2 aromatic rings. The predicted octanol–water partition coefficient (Wildman–Crippen LogP) is 3.47.